The Morgan fingerprint density at radius 2 is 1.96 bits per heavy atom. The summed E-state index contributed by atoms with van der Waals surface area (Å²) >= 11 is 0. The monoisotopic (exact) mass is 368 g/mol. The Hall–Kier alpha value is -1.45. The summed E-state index contributed by atoms with van der Waals surface area (Å²) in [5.41, 5.74) is 0.863. The Bertz CT molecular complexity index is 739. The van der Waals surface area contributed by atoms with Gasteiger partial charge in [-0.3, -0.25) is 0 Å². The highest BCUT2D eigenvalue weighted by atomic mass is 32.2. The van der Waals surface area contributed by atoms with Crippen LogP contribution in [0.2, 0.25) is 0 Å². The predicted molar refractivity (Wildman–Crippen MR) is 93.5 cm³/mol. The van der Waals surface area contributed by atoms with Gasteiger partial charge in [0, 0.05) is 43.7 Å². The van der Waals surface area contributed by atoms with E-state index in [-0.39, 0.29) is 17.5 Å². The van der Waals surface area contributed by atoms with Gasteiger partial charge >= 0.3 is 0 Å². The molecule has 1 spiro atoms. The number of piperidine rings is 1. The van der Waals surface area contributed by atoms with Gasteiger partial charge < -0.3 is 19.7 Å². The van der Waals surface area contributed by atoms with Gasteiger partial charge in [-0.25, -0.2) is 13.4 Å². The zero-order chi connectivity index (χ0) is 17.5. The summed E-state index contributed by atoms with van der Waals surface area (Å²) in [7, 11) is -2.93. The first kappa shape index (κ1) is 17.0. The molecule has 3 saturated heterocycles. The third kappa shape index (κ3) is 3.73. The fraction of sp³-hybridized carbons (Fsp3) is 0.750. The van der Waals surface area contributed by atoms with Crippen molar-refractivity contribution in [1.82, 2.24) is 9.97 Å². The van der Waals surface area contributed by atoms with Crippen LogP contribution in [0.25, 0.3) is 0 Å². The summed E-state index contributed by atoms with van der Waals surface area (Å²) in [5.74, 6) is 1.35. The van der Waals surface area contributed by atoms with E-state index in [4.69, 9.17) is 9.47 Å². The summed E-state index contributed by atoms with van der Waals surface area (Å²) < 4.78 is 34.8. The molecule has 25 heavy (non-hydrogen) atoms. The Morgan fingerprint density at radius 1 is 1.24 bits per heavy atom. The molecule has 9 heteroatoms. The van der Waals surface area contributed by atoms with Gasteiger partial charge in [0.05, 0.1) is 24.7 Å². The quantitative estimate of drug-likeness (QED) is 0.834. The Balaban J connectivity index is 1.45. The maximum absolute atomic E-state index is 11.6. The first-order chi connectivity index (χ1) is 11.9. The van der Waals surface area contributed by atoms with Gasteiger partial charge in [0.25, 0.3) is 0 Å². The van der Waals surface area contributed by atoms with Crippen LogP contribution in [0.1, 0.15) is 25.0 Å². The van der Waals surface area contributed by atoms with Crippen LogP contribution in [-0.4, -0.2) is 68.0 Å². The Labute approximate surface area is 147 Å². The van der Waals surface area contributed by atoms with Crippen molar-refractivity contribution in [3.63, 3.8) is 0 Å². The third-order valence-electron chi connectivity index (χ3n) is 5.07. The van der Waals surface area contributed by atoms with E-state index in [0.717, 1.165) is 37.4 Å². The topological polar surface area (TPSA) is 93.7 Å². The number of hydrogen-bond acceptors (Lipinski definition) is 8. The molecule has 0 bridgehead atoms. The van der Waals surface area contributed by atoms with Gasteiger partial charge in [0.1, 0.15) is 5.82 Å². The van der Waals surface area contributed by atoms with Crippen molar-refractivity contribution in [2.75, 3.05) is 48.0 Å². The normalized spacial score (nSPS) is 27.7. The minimum Gasteiger partial charge on any atom is -0.356 e. The number of sulfone groups is 1. The molecule has 1 atom stereocenters. The van der Waals surface area contributed by atoms with Crippen LogP contribution in [0.4, 0.5) is 11.8 Å². The first-order valence-electron chi connectivity index (χ1n) is 8.79. The summed E-state index contributed by atoms with van der Waals surface area (Å²) in [4.78, 5) is 11.2. The van der Waals surface area contributed by atoms with Gasteiger partial charge in [-0.1, -0.05) is 0 Å². The number of rotatable bonds is 3. The zero-order valence-corrected chi connectivity index (χ0v) is 15.2. The third-order valence-corrected chi connectivity index (χ3v) is 6.84. The molecule has 0 aromatic carbocycles. The summed E-state index contributed by atoms with van der Waals surface area (Å²) in [5, 5.41) is 3.19. The SMILES string of the molecule is Cc1cc(N2CCC3(CC2)OCCO3)nc(NC2CCS(=O)(=O)C2)n1. The van der Waals surface area contributed by atoms with E-state index in [1.807, 2.05) is 13.0 Å². The van der Waals surface area contributed by atoms with Gasteiger partial charge in [0.2, 0.25) is 5.95 Å². The van der Waals surface area contributed by atoms with Crippen molar-refractivity contribution in [3.05, 3.63) is 11.8 Å². The molecule has 0 aliphatic carbocycles. The van der Waals surface area contributed by atoms with E-state index in [9.17, 15) is 8.42 Å². The molecule has 138 valence electrons. The van der Waals surface area contributed by atoms with Crippen molar-refractivity contribution < 1.29 is 17.9 Å². The fourth-order valence-corrected chi connectivity index (χ4v) is 5.41. The Kier molecular flexibility index (Phi) is 4.33. The van der Waals surface area contributed by atoms with Gasteiger partial charge in [0.15, 0.2) is 15.6 Å². The van der Waals surface area contributed by atoms with E-state index >= 15 is 0 Å². The van der Waals surface area contributed by atoms with Crippen molar-refractivity contribution in [2.24, 2.45) is 0 Å². The number of nitrogens with one attached hydrogen (secondary N) is 1. The molecule has 1 aromatic rings. The second kappa shape index (κ2) is 6.37. The Morgan fingerprint density at radius 3 is 2.60 bits per heavy atom. The fourth-order valence-electron chi connectivity index (χ4n) is 3.73. The molecule has 1 aromatic heterocycles. The molecule has 0 radical (unpaired) electrons. The zero-order valence-electron chi connectivity index (χ0n) is 14.4. The van der Waals surface area contributed by atoms with E-state index in [1.54, 1.807) is 0 Å². The lowest BCUT2D eigenvalue weighted by Crippen LogP contribution is -2.45. The predicted octanol–water partition coefficient (Wildman–Crippen LogP) is 0.727. The molecular formula is C16H24N4O4S. The number of aryl methyl sites for hydroxylation is 1. The molecule has 3 aliphatic heterocycles. The molecule has 8 nitrogen and oxygen atoms in total. The smallest absolute Gasteiger partial charge is 0.225 e. The number of hydrogen-bond donors (Lipinski definition) is 1. The minimum atomic E-state index is -2.93. The average molecular weight is 368 g/mol. The lowest BCUT2D eigenvalue weighted by atomic mass is 10.0. The molecule has 3 aliphatic rings. The first-order valence-corrected chi connectivity index (χ1v) is 10.6. The van der Waals surface area contributed by atoms with Crippen LogP contribution in [-0.2, 0) is 19.3 Å². The van der Waals surface area contributed by atoms with Crippen molar-refractivity contribution in [1.29, 1.82) is 0 Å². The van der Waals surface area contributed by atoms with E-state index in [2.05, 4.69) is 20.2 Å². The van der Waals surface area contributed by atoms with Crippen LogP contribution in [0.5, 0.6) is 0 Å². The van der Waals surface area contributed by atoms with E-state index < -0.39 is 15.6 Å². The van der Waals surface area contributed by atoms with Crippen molar-refractivity contribution in [2.45, 2.75) is 38.0 Å². The number of anilines is 2. The van der Waals surface area contributed by atoms with Crippen LogP contribution in [0.3, 0.4) is 0 Å². The van der Waals surface area contributed by atoms with Crippen molar-refractivity contribution in [3.8, 4) is 0 Å². The highest BCUT2D eigenvalue weighted by Gasteiger charge is 2.40. The van der Waals surface area contributed by atoms with Gasteiger partial charge in [-0.2, -0.15) is 4.98 Å². The molecule has 4 rings (SSSR count). The van der Waals surface area contributed by atoms with Gasteiger partial charge in [-0.15, -0.1) is 0 Å². The molecule has 1 N–H and O–H groups in total. The lowest BCUT2D eigenvalue weighted by molar-refractivity contribution is -0.169. The highest BCUT2D eigenvalue weighted by molar-refractivity contribution is 7.91. The number of ether oxygens (including phenoxy) is 2. The minimum absolute atomic E-state index is 0.107. The molecule has 4 heterocycles. The molecule has 3 fully saturated rings. The number of aromatic nitrogens is 2. The summed E-state index contributed by atoms with van der Waals surface area (Å²) in [6.45, 7) is 4.90. The average Bonchev–Trinajstić information content (AvgIpc) is 3.14. The van der Waals surface area contributed by atoms with E-state index in [1.165, 1.54) is 0 Å². The largest absolute Gasteiger partial charge is 0.356 e. The lowest BCUT2D eigenvalue weighted by Gasteiger charge is -2.38. The van der Waals surface area contributed by atoms with Crippen LogP contribution < -0.4 is 10.2 Å². The molecule has 1 unspecified atom stereocenters. The standard InChI is InChI=1S/C16H24N4O4S/c1-12-10-14(20-5-3-16(4-6-20)23-7-8-24-16)19-15(17-12)18-13-2-9-25(21,22)11-13/h10,13H,2-9,11H2,1H3,(H,17,18,19). The maximum Gasteiger partial charge on any atom is 0.225 e. The van der Waals surface area contributed by atoms with Crippen LogP contribution >= 0.6 is 0 Å². The maximum atomic E-state index is 11.6. The van der Waals surface area contributed by atoms with Gasteiger partial charge in [-0.05, 0) is 13.3 Å². The molecular weight excluding hydrogens is 344 g/mol. The summed E-state index contributed by atoms with van der Waals surface area (Å²) in [6.07, 6.45) is 2.25. The van der Waals surface area contributed by atoms with Crippen molar-refractivity contribution >= 4 is 21.6 Å². The van der Waals surface area contributed by atoms with E-state index in [0.29, 0.717) is 25.6 Å². The molecule has 0 amide bonds. The highest BCUT2D eigenvalue weighted by Crippen LogP contribution is 2.33. The number of nitrogens with zero attached hydrogens (tertiary/aromatic N) is 3. The second-order valence-electron chi connectivity index (χ2n) is 7.03. The molecule has 0 saturated carbocycles. The summed E-state index contributed by atoms with van der Waals surface area (Å²) in [6, 6.07) is 1.86. The van der Waals surface area contributed by atoms with Crippen LogP contribution in [0.15, 0.2) is 6.07 Å². The second-order valence-corrected chi connectivity index (χ2v) is 9.26. The van der Waals surface area contributed by atoms with Crippen LogP contribution in [0, 0.1) is 6.92 Å².